The zero-order valence-corrected chi connectivity index (χ0v) is 14.7. The maximum atomic E-state index is 13.1. The van der Waals surface area contributed by atoms with Crippen molar-refractivity contribution in [1.29, 1.82) is 0 Å². The summed E-state index contributed by atoms with van der Waals surface area (Å²) in [4.78, 5) is 25.3. The molecule has 0 aliphatic rings. The Bertz CT molecular complexity index is 751. The van der Waals surface area contributed by atoms with Crippen molar-refractivity contribution in [3.05, 3.63) is 65.7 Å². The number of rotatable bonds is 8. The number of nitrogens with zero attached hydrogens (tertiary/aromatic N) is 1. The molecular formula is C20H22F2N2O2. The van der Waals surface area contributed by atoms with Crippen LogP contribution in [0.3, 0.4) is 0 Å². The van der Waals surface area contributed by atoms with Gasteiger partial charge in [-0.15, -0.1) is 0 Å². The predicted molar refractivity (Wildman–Crippen MR) is 96.6 cm³/mol. The third-order valence-electron chi connectivity index (χ3n) is 3.99. The first-order valence-corrected chi connectivity index (χ1v) is 8.50. The summed E-state index contributed by atoms with van der Waals surface area (Å²) < 4.78 is 26.0. The van der Waals surface area contributed by atoms with Gasteiger partial charge in [0.1, 0.15) is 0 Å². The first-order chi connectivity index (χ1) is 12.5. The molecule has 138 valence electrons. The molecule has 2 rings (SSSR count). The number of nitrogens with one attached hydrogen (secondary N) is 1. The molecule has 0 radical (unpaired) electrons. The van der Waals surface area contributed by atoms with Gasteiger partial charge in [0.25, 0.3) is 0 Å². The molecule has 0 fully saturated rings. The number of benzene rings is 2. The molecule has 0 atom stereocenters. The maximum absolute atomic E-state index is 13.1. The van der Waals surface area contributed by atoms with Crippen LogP contribution in [0.4, 0.5) is 14.5 Å². The zero-order chi connectivity index (χ0) is 18.9. The van der Waals surface area contributed by atoms with Crippen LogP contribution in [0.15, 0.2) is 48.5 Å². The van der Waals surface area contributed by atoms with Crippen LogP contribution >= 0.6 is 0 Å². The Morgan fingerprint density at radius 3 is 2.38 bits per heavy atom. The van der Waals surface area contributed by atoms with Gasteiger partial charge < -0.3 is 10.2 Å². The lowest BCUT2D eigenvalue weighted by Gasteiger charge is -2.20. The molecule has 2 aromatic carbocycles. The van der Waals surface area contributed by atoms with Gasteiger partial charge in [-0.3, -0.25) is 9.59 Å². The molecule has 0 saturated carbocycles. The summed E-state index contributed by atoms with van der Waals surface area (Å²) in [5, 5.41) is 2.50. The van der Waals surface area contributed by atoms with Gasteiger partial charge in [-0.1, -0.05) is 30.3 Å². The van der Waals surface area contributed by atoms with Gasteiger partial charge >= 0.3 is 0 Å². The average molecular weight is 360 g/mol. The number of carbonyl (C=O) groups is 2. The third kappa shape index (κ3) is 6.27. The summed E-state index contributed by atoms with van der Waals surface area (Å²) in [6.45, 7) is 2.30. The summed E-state index contributed by atoms with van der Waals surface area (Å²) in [7, 11) is 0. The number of amides is 2. The molecule has 0 unspecified atom stereocenters. The van der Waals surface area contributed by atoms with Crippen LogP contribution in [0, 0.1) is 11.6 Å². The lowest BCUT2D eigenvalue weighted by atomic mass is 10.1. The normalized spacial score (nSPS) is 10.4. The first kappa shape index (κ1) is 19.6. The van der Waals surface area contributed by atoms with Gasteiger partial charge in [0.15, 0.2) is 11.6 Å². The molecule has 2 aromatic rings. The number of anilines is 1. The van der Waals surface area contributed by atoms with Crippen LogP contribution < -0.4 is 5.32 Å². The minimum atomic E-state index is -1.02. The van der Waals surface area contributed by atoms with Crippen LogP contribution in [-0.4, -0.2) is 29.8 Å². The van der Waals surface area contributed by atoms with E-state index >= 15 is 0 Å². The Hall–Kier alpha value is -2.76. The summed E-state index contributed by atoms with van der Waals surface area (Å²) in [5.74, 6) is -2.44. The third-order valence-corrected chi connectivity index (χ3v) is 3.99. The van der Waals surface area contributed by atoms with E-state index in [1.165, 1.54) is 18.6 Å². The molecule has 2 amide bonds. The van der Waals surface area contributed by atoms with Gasteiger partial charge in [0.05, 0.1) is 0 Å². The minimum absolute atomic E-state index is 0.0872. The van der Waals surface area contributed by atoms with Crippen LogP contribution in [0.2, 0.25) is 0 Å². The van der Waals surface area contributed by atoms with Gasteiger partial charge in [0.2, 0.25) is 11.8 Å². The van der Waals surface area contributed by atoms with Crippen molar-refractivity contribution in [3.8, 4) is 0 Å². The van der Waals surface area contributed by atoms with Crippen molar-refractivity contribution in [3.63, 3.8) is 0 Å². The summed E-state index contributed by atoms with van der Waals surface area (Å²) in [6, 6.07) is 13.1. The van der Waals surface area contributed by atoms with Crippen molar-refractivity contribution in [2.75, 3.05) is 18.4 Å². The number of hydrogen-bond donors (Lipinski definition) is 1. The lowest BCUT2D eigenvalue weighted by Crippen LogP contribution is -2.33. The fraction of sp³-hybridized carbons (Fsp3) is 0.300. The number of carbonyl (C=O) groups excluding carboxylic acids is 2. The van der Waals surface area contributed by atoms with Crippen molar-refractivity contribution in [2.24, 2.45) is 0 Å². The minimum Gasteiger partial charge on any atom is -0.342 e. The second-order valence-electron chi connectivity index (χ2n) is 6.02. The fourth-order valence-corrected chi connectivity index (χ4v) is 2.58. The van der Waals surface area contributed by atoms with E-state index in [4.69, 9.17) is 0 Å². The van der Waals surface area contributed by atoms with Crippen LogP contribution in [-0.2, 0) is 16.0 Å². The standard InChI is InChI=1S/C20H22F2N2O2/c1-15(25)24(12-5-8-16-6-3-2-4-7-16)13-11-20(26)23-17-9-10-18(21)19(22)14-17/h2-4,6-7,9-10,14H,5,8,11-13H2,1H3,(H,23,26). The smallest absolute Gasteiger partial charge is 0.226 e. The van der Waals surface area contributed by atoms with E-state index in [-0.39, 0.29) is 30.5 Å². The number of halogens is 2. The van der Waals surface area contributed by atoms with Crippen LogP contribution in [0.25, 0.3) is 0 Å². The van der Waals surface area contributed by atoms with Crippen LogP contribution in [0.5, 0.6) is 0 Å². The highest BCUT2D eigenvalue weighted by atomic mass is 19.2. The molecule has 0 heterocycles. The van der Waals surface area contributed by atoms with E-state index in [1.807, 2.05) is 30.3 Å². The highest BCUT2D eigenvalue weighted by Gasteiger charge is 2.12. The molecule has 0 aliphatic carbocycles. The second kappa shape index (κ2) is 9.65. The Morgan fingerprint density at radius 1 is 1.00 bits per heavy atom. The quantitative estimate of drug-likeness (QED) is 0.779. The monoisotopic (exact) mass is 360 g/mol. The summed E-state index contributed by atoms with van der Waals surface area (Å²) >= 11 is 0. The van der Waals surface area contributed by atoms with E-state index in [2.05, 4.69) is 5.32 Å². The van der Waals surface area contributed by atoms with Crippen molar-refractivity contribution < 1.29 is 18.4 Å². The molecule has 0 spiro atoms. The van der Waals surface area contributed by atoms with Gasteiger partial charge in [-0.25, -0.2) is 8.78 Å². The first-order valence-electron chi connectivity index (χ1n) is 8.50. The molecule has 4 nitrogen and oxygen atoms in total. The highest BCUT2D eigenvalue weighted by Crippen LogP contribution is 2.13. The van der Waals surface area contributed by atoms with Crippen molar-refractivity contribution in [2.45, 2.75) is 26.2 Å². The van der Waals surface area contributed by atoms with E-state index in [0.29, 0.717) is 6.54 Å². The molecular weight excluding hydrogens is 338 g/mol. The Morgan fingerprint density at radius 2 is 1.73 bits per heavy atom. The Labute approximate surface area is 151 Å². The molecule has 0 bridgehead atoms. The second-order valence-corrected chi connectivity index (χ2v) is 6.02. The van der Waals surface area contributed by atoms with Crippen molar-refractivity contribution >= 4 is 17.5 Å². The molecule has 6 heteroatoms. The maximum Gasteiger partial charge on any atom is 0.226 e. The van der Waals surface area contributed by atoms with Crippen molar-refractivity contribution in [1.82, 2.24) is 4.90 Å². The fourth-order valence-electron chi connectivity index (χ4n) is 2.58. The SMILES string of the molecule is CC(=O)N(CCCc1ccccc1)CCC(=O)Nc1ccc(F)c(F)c1. The van der Waals surface area contributed by atoms with Gasteiger partial charge in [-0.2, -0.15) is 0 Å². The lowest BCUT2D eigenvalue weighted by molar-refractivity contribution is -0.129. The topological polar surface area (TPSA) is 49.4 Å². The molecule has 0 saturated heterocycles. The summed E-state index contributed by atoms with van der Waals surface area (Å²) in [5.41, 5.74) is 1.39. The van der Waals surface area contributed by atoms with E-state index in [0.717, 1.165) is 25.0 Å². The van der Waals surface area contributed by atoms with E-state index < -0.39 is 11.6 Å². The van der Waals surface area contributed by atoms with E-state index in [1.54, 1.807) is 4.90 Å². The zero-order valence-electron chi connectivity index (χ0n) is 14.7. The molecule has 26 heavy (non-hydrogen) atoms. The number of aryl methyl sites for hydroxylation is 1. The molecule has 0 aliphatic heterocycles. The van der Waals surface area contributed by atoms with Gasteiger partial charge in [0, 0.05) is 38.2 Å². The average Bonchev–Trinajstić information content (AvgIpc) is 2.61. The highest BCUT2D eigenvalue weighted by molar-refractivity contribution is 5.91. The largest absolute Gasteiger partial charge is 0.342 e. The number of hydrogen-bond acceptors (Lipinski definition) is 2. The molecule has 1 N–H and O–H groups in total. The van der Waals surface area contributed by atoms with E-state index in [9.17, 15) is 18.4 Å². The Kier molecular flexibility index (Phi) is 7.26. The summed E-state index contributed by atoms with van der Waals surface area (Å²) in [6.07, 6.45) is 1.74. The Balaban J connectivity index is 1.78. The van der Waals surface area contributed by atoms with Gasteiger partial charge in [-0.05, 0) is 30.5 Å². The van der Waals surface area contributed by atoms with Crippen LogP contribution in [0.1, 0.15) is 25.3 Å². The molecule has 0 aromatic heterocycles. The predicted octanol–water partition coefficient (Wildman–Crippen LogP) is 3.77.